The summed E-state index contributed by atoms with van der Waals surface area (Å²) in [6.45, 7) is 23.5. The van der Waals surface area contributed by atoms with Crippen LogP contribution in [0, 0.1) is 11.8 Å². The van der Waals surface area contributed by atoms with Crippen molar-refractivity contribution in [3.05, 3.63) is 65.7 Å². The zero-order valence-electron chi connectivity index (χ0n) is 26.8. The standard InChI is InChI=1S/C33H54O5SSi/c1-25(21-36-22-27-15-13-12-14-16-27)31(38-40(10,11)33(6,7)8)26(2)30(24-39(34)32(3,4)5)37-23-28-17-19-29(35-9)20-18-28/h12-20,25-26,30-31H,21-24H2,1-11H3/t25?,26-,30-,31+,39?/m1/s1. The van der Waals surface area contributed by atoms with Gasteiger partial charge in [0, 0.05) is 27.4 Å². The highest BCUT2D eigenvalue weighted by Gasteiger charge is 2.43. The van der Waals surface area contributed by atoms with Gasteiger partial charge in [-0.2, -0.15) is 0 Å². The van der Waals surface area contributed by atoms with Crippen molar-refractivity contribution in [3.63, 3.8) is 0 Å². The molecule has 0 radical (unpaired) electrons. The van der Waals surface area contributed by atoms with E-state index in [1.807, 2.05) is 63.2 Å². The second-order valence-corrected chi connectivity index (χ2v) is 20.5. The van der Waals surface area contributed by atoms with Gasteiger partial charge >= 0.3 is 0 Å². The predicted molar refractivity (Wildman–Crippen MR) is 171 cm³/mol. The Morgan fingerprint density at radius 2 is 1.43 bits per heavy atom. The summed E-state index contributed by atoms with van der Waals surface area (Å²) in [6, 6.07) is 18.2. The molecule has 7 heteroatoms. The molecule has 0 saturated heterocycles. The summed E-state index contributed by atoms with van der Waals surface area (Å²) >= 11 is 0. The fourth-order valence-corrected chi connectivity index (χ4v) is 6.86. The van der Waals surface area contributed by atoms with Gasteiger partial charge in [0.2, 0.25) is 0 Å². The van der Waals surface area contributed by atoms with Crippen LogP contribution in [0.25, 0.3) is 0 Å². The van der Waals surface area contributed by atoms with Crippen molar-refractivity contribution in [2.45, 2.75) is 104 Å². The third-order valence-electron chi connectivity index (χ3n) is 8.02. The number of benzene rings is 2. The van der Waals surface area contributed by atoms with Gasteiger partial charge < -0.3 is 18.6 Å². The molecule has 0 heterocycles. The van der Waals surface area contributed by atoms with Crippen molar-refractivity contribution in [2.75, 3.05) is 19.5 Å². The minimum absolute atomic E-state index is 0.00833. The summed E-state index contributed by atoms with van der Waals surface area (Å²) in [6.07, 6.45) is -0.344. The maximum atomic E-state index is 13.4. The van der Waals surface area contributed by atoms with Crippen molar-refractivity contribution in [1.29, 1.82) is 0 Å². The van der Waals surface area contributed by atoms with E-state index in [4.69, 9.17) is 18.6 Å². The molecule has 226 valence electrons. The maximum absolute atomic E-state index is 13.4. The normalized spacial score (nSPS) is 16.7. The van der Waals surface area contributed by atoms with Crippen LogP contribution in [0.4, 0.5) is 0 Å². The molecule has 0 aliphatic carbocycles. The Hall–Kier alpha value is -1.51. The van der Waals surface area contributed by atoms with Gasteiger partial charge in [-0.3, -0.25) is 4.21 Å². The van der Waals surface area contributed by atoms with Crippen molar-refractivity contribution < 1.29 is 22.8 Å². The largest absolute Gasteiger partial charge is 0.497 e. The average molecular weight is 591 g/mol. The Balaban J connectivity index is 2.30. The van der Waals surface area contributed by atoms with E-state index in [1.54, 1.807) is 7.11 Å². The summed E-state index contributed by atoms with van der Waals surface area (Å²) in [4.78, 5) is 0. The van der Waals surface area contributed by atoms with Gasteiger partial charge in [0.1, 0.15) is 5.75 Å². The number of rotatable bonds is 15. The first-order valence-corrected chi connectivity index (χ1v) is 18.7. The fraction of sp³-hybridized carbons (Fsp3) is 0.636. The summed E-state index contributed by atoms with van der Waals surface area (Å²) in [7, 11) is -1.52. The first kappa shape index (κ1) is 34.7. The number of hydrogen-bond donors (Lipinski definition) is 0. The second kappa shape index (κ2) is 15.1. The summed E-state index contributed by atoms with van der Waals surface area (Å²) in [5.74, 6) is 1.40. The van der Waals surface area contributed by atoms with Gasteiger partial charge in [0.15, 0.2) is 8.32 Å². The monoisotopic (exact) mass is 590 g/mol. The summed E-state index contributed by atoms with van der Waals surface area (Å²) in [5.41, 5.74) is 2.21. The average Bonchev–Trinajstić information content (AvgIpc) is 2.88. The van der Waals surface area contributed by atoms with Crippen LogP contribution in [-0.2, 0) is 37.9 Å². The lowest BCUT2D eigenvalue weighted by Gasteiger charge is -2.44. The van der Waals surface area contributed by atoms with E-state index in [9.17, 15) is 4.21 Å². The fourth-order valence-electron chi connectivity index (χ4n) is 4.18. The first-order valence-electron chi connectivity index (χ1n) is 14.5. The number of ether oxygens (including phenoxy) is 3. The van der Waals surface area contributed by atoms with Crippen LogP contribution in [-0.4, -0.2) is 49.0 Å². The van der Waals surface area contributed by atoms with Gasteiger partial charge in [-0.25, -0.2) is 0 Å². The topological polar surface area (TPSA) is 54.0 Å². The SMILES string of the molecule is COc1ccc(CO[C@H](CS(=O)C(C)(C)C)[C@@H](C)[C@@H](O[Si](C)(C)C(C)(C)C)C(C)COCc2ccccc2)cc1. The lowest BCUT2D eigenvalue weighted by molar-refractivity contribution is -0.0525. The van der Waals surface area contributed by atoms with Crippen LogP contribution in [0.3, 0.4) is 0 Å². The Labute approximate surface area is 247 Å². The van der Waals surface area contributed by atoms with Crippen molar-refractivity contribution >= 4 is 19.1 Å². The third-order valence-corrected chi connectivity index (χ3v) is 14.5. The molecule has 0 aliphatic heterocycles. The van der Waals surface area contributed by atoms with Gasteiger partial charge in [-0.05, 0) is 62.2 Å². The molecular formula is C33H54O5SSi. The van der Waals surface area contributed by atoms with E-state index in [0.29, 0.717) is 25.6 Å². The molecule has 5 atom stereocenters. The molecule has 2 aromatic rings. The Kier molecular flexibility index (Phi) is 13.1. The van der Waals surface area contributed by atoms with Gasteiger partial charge in [-0.15, -0.1) is 0 Å². The quantitative estimate of drug-likeness (QED) is 0.197. The first-order chi connectivity index (χ1) is 18.5. The molecule has 0 N–H and O–H groups in total. The molecule has 0 saturated carbocycles. The number of methoxy groups -OCH3 is 1. The van der Waals surface area contributed by atoms with E-state index in [-0.39, 0.29) is 33.8 Å². The second-order valence-electron chi connectivity index (χ2n) is 13.5. The predicted octanol–water partition coefficient (Wildman–Crippen LogP) is 8.01. The van der Waals surface area contributed by atoms with Crippen LogP contribution in [0.2, 0.25) is 18.1 Å². The lowest BCUT2D eigenvalue weighted by atomic mass is 9.90. The van der Waals surface area contributed by atoms with Gasteiger partial charge in [0.25, 0.3) is 0 Å². The smallest absolute Gasteiger partial charge is 0.192 e. The van der Waals surface area contributed by atoms with Crippen molar-refractivity contribution in [2.24, 2.45) is 11.8 Å². The molecule has 0 fully saturated rings. The Bertz CT molecular complexity index is 1030. The minimum atomic E-state index is -2.12. The molecule has 0 aliphatic rings. The van der Waals surface area contributed by atoms with Crippen LogP contribution >= 0.6 is 0 Å². The van der Waals surface area contributed by atoms with Crippen LogP contribution in [0.5, 0.6) is 5.75 Å². The van der Waals surface area contributed by atoms with E-state index in [1.165, 1.54) is 0 Å². The molecule has 5 nitrogen and oxygen atoms in total. The molecule has 0 amide bonds. The summed E-state index contributed by atoms with van der Waals surface area (Å²) in [5, 5.41) is 0.0588. The van der Waals surface area contributed by atoms with Gasteiger partial charge in [-0.1, -0.05) is 77.1 Å². The highest BCUT2D eigenvalue weighted by atomic mass is 32.2. The summed E-state index contributed by atoms with van der Waals surface area (Å²) < 4.78 is 38.3. The Morgan fingerprint density at radius 3 is 1.95 bits per heavy atom. The molecule has 2 unspecified atom stereocenters. The van der Waals surface area contributed by atoms with E-state index < -0.39 is 19.1 Å². The molecule has 40 heavy (non-hydrogen) atoms. The van der Waals surface area contributed by atoms with E-state index >= 15 is 0 Å². The van der Waals surface area contributed by atoms with Crippen molar-refractivity contribution in [1.82, 2.24) is 0 Å². The Morgan fingerprint density at radius 1 is 0.850 bits per heavy atom. The zero-order chi connectivity index (χ0) is 30.1. The van der Waals surface area contributed by atoms with E-state index in [2.05, 4.69) is 59.8 Å². The van der Waals surface area contributed by atoms with Crippen LogP contribution in [0.1, 0.15) is 66.5 Å². The van der Waals surface area contributed by atoms with Crippen molar-refractivity contribution in [3.8, 4) is 5.75 Å². The molecular weight excluding hydrogens is 537 g/mol. The third kappa shape index (κ3) is 10.7. The molecule has 2 rings (SSSR count). The zero-order valence-corrected chi connectivity index (χ0v) is 28.6. The van der Waals surface area contributed by atoms with Gasteiger partial charge in [0.05, 0.1) is 44.9 Å². The molecule has 2 aromatic carbocycles. The molecule has 0 aromatic heterocycles. The highest BCUT2D eigenvalue weighted by Crippen LogP contribution is 2.40. The number of hydrogen-bond acceptors (Lipinski definition) is 5. The highest BCUT2D eigenvalue weighted by molar-refractivity contribution is 7.86. The van der Waals surface area contributed by atoms with E-state index in [0.717, 1.165) is 16.9 Å². The maximum Gasteiger partial charge on any atom is 0.192 e. The van der Waals surface area contributed by atoms with Crippen LogP contribution in [0.15, 0.2) is 54.6 Å². The lowest BCUT2D eigenvalue weighted by Crippen LogP contribution is -2.51. The molecule has 0 spiro atoms. The van der Waals surface area contributed by atoms with Crippen LogP contribution < -0.4 is 4.74 Å². The molecule has 0 bridgehead atoms. The minimum Gasteiger partial charge on any atom is -0.497 e.